The molecule has 0 aliphatic heterocycles. The monoisotopic (exact) mass is 413 g/mol. The van der Waals surface area contributed by atoms with E-state index >= 15 is 0 Å². The maximum atomic E-state index is 12.3. The Kier molecular flexibility index (Phi) is 6.66. The van der Waals surface area contributed by atoms with Crippen LogP contribution >= 0.6 is 11.3 Å². The Balaban J connectivity index is 1.52. The number of hydrogen-bond donors (Lipinski definition) is 2. The standard InChI is InChI=1S/C21H23N3O4S/c1-13(2)28-16-9-8-14(12-17(16)27-3)21(26)24-23-19(25)10-11-20-22-15-6-4-5-7-18(15)29-20/h4-9,12-13H,10-11H2,1-3H3,(H,23,25)(H,24,26). The maximum absolute atomic E-state index is 12.3. The van der Waals surface area contributed by atoms with E-state index in [0.29, 0.717) is 23.5 Å². The molecule has 0 saturated carbocycles. The van der Waals surface area contributed by atoms with Crippen LogP contribution in [0.2, 0.25) is 0 Å². The van der Waals surface area contributed by atoms with E-state index < -0.39 is 5.91 Å². The van der Waals surface area contributed by atoms with Crippen LogP contribution in [0.1, 0.15) is 35.6 Å². The van der Waals surface area contributed by atoms with Gasteiger partial charge < -0.3 is 9.47 Å². The minimum atomic E-state index is -0.437. The number of nitrogens with zero attached hydrogens (tertiary/aromatic N) is 1. The Morgan fingerprint density at radius 1 is 1.10 bits per heavy atom. The van der Waals surface area contributed by atoms with E-state index in [2.05, 4.69) is 15.8 Å². The molecule has 152 valence electrons. The number of hydrazine groups is 1. The number of para-hydroxylation sites is 1. The number of benzene rings is 2. The van der Waals surface area contributed by atoms with E-state index in [0.717, 1.165) is 15.2 Å². The molecular formula is C21H23N3O4S. The fourth-order valence-electron chi connectivity index (χ4n) is 2.67. The van der Waals surface area contributed by atoms with Crippen molar-refractivity contribution < 1.29 is 19.1 Å². The van der Waals surface area contributed by atoms with Gasteiger partial charge in [0.1, 0.15) is 0 Å². The van der Waals surface area contributed by atoms with Crippen LogP contribution in [-0.4, -0.2) is 30.0 Å². The highest BCUT2D eigenvalue weighted by atomic mass is 32.1. The summed E-state index contributed by atoms with van der Waals surface area (Å²) in [6.45, 7) is 3.81. The van der Waals surface area contributed by atoms with E-state index in [1.54, 1.807) is 29.5 Å². The van der Waals surface area contributed by atoms with Crippen molar-refractivity contribution >= 4 is 33.4 Å². The number of aromatic nitrogens is 1. The Morgan fingerprint density at radius 2 is 1.90 bits per heavy atom. The third-order valence-corrected chi connectivity index (χ3v) is 5.10. The summed E-state index contributed by atoms with van der Waals surface area (Å²) in [5, 5.41) is 0.887. The van der Waals surface area contributed by atoms with Crippen molar-refractivity contribution in [2.45, 2.75) is 32.8 Å². The van der Waals surface area contributed by atoms with Crippen molar-refractivity contribution in [3.8, 4) is 11.5 Å². The summed E-state index contributed by atoms with van der Waals surface area (Å²) in [7, 11) is 1.51. The first-order valence-electron chi connectivity index (χ1n) is 9.24. The average molecular weight is 413 g/mol. The van der Waals surface area contributed by atoms with Gasteiger partial charge in [-0.15, -0.1) is 11.3 Å². The number of nitrogens with one attached hydrogen (secondary N) is 2. The van der Waals surface area contributed by atoms with Crippen molar-refractivity contribution in [2.24, 2.45) is 0 Å². The molecule has 0 fully saturated rings. The molecule has 0 unspecified atom stereocenters. The molecule has 1 heterocycles. The van der Waals surface area contributed by atoms with E-state index in [1.807, 2.05) is 38.1 Å². The van der Waals surface area contributed by atoms with Gasteiger partial charge in [-0.1, -0.05) is 12.1 Å². The number of hydrogen-bond acceptors (Lipinski definition) is 6. The quantitative estimate of drug-likeness (QED) is 0.579. The second-order valence-electron chi connectivity index (χ2n) is 6.61. The normalized spacial score (nSPS) is 10.8. The first-order valence-corrected chi connectivity index (χ1v) is 10.1. The van der Waals surface area contributed by atoms with Crippen LogP contribution in [0.3, 0.4) is 0 Å². The Morgan fingerprint density at radius 3 is 2.62 bits per heavy atom. The number of amides is 2. The molecule has 0 spiro atoms. The second-order valence-corrected chi connectivity index (χ2v) is 7.73. The molecular weight excluding hydrogens is 390 g/mol. The summed E-state index contributed by atoms with van der Waals surface area (Å²) in [6.07, 6.45) is 0.721. The SMILES string of the molecule is COc1cc(C(=O)NNC(=O)CCc2nc3ccccc3s2)ccc1OC(C)C. The number of methoxy groups -OCH3 is 1. The summed E-state index contributed by atoms with van der Waals surface area (Å²) in [5.41, 5.74) is 6.14. The lowest BCUT2D eigenvalue weighted by molar-refractivity contribution is -0.121. The molecule has 0 radical (unpaired) electrons. The predicted octanol–water partition coefficient (Wildman–Crippen LogP) is 3.49. The number of carbonyl (C=O) groups is 2. The molecule has 1 aromatic heterocycles. The highest BCUT2D eigenvalue weighted by molar-refractivity contribution is 7.18. The van der Waals surface area contributed by atoms with Gasteiger partial charge in [-0.2, -0.15) is 0 Å². The molecule has 3 aromatic rings. The lowest BCUT2D eigenvalue weighted by atomic mass is 10.2. The van der Waals surface area contributed by atoms with Crippen molar-refractivity contribution in [3.05, 3.63) is 53.0 Å². The molecule has 3 rings (SSSR count). The number of rotatable bonds is 7. The molecule has 0 atom stereocenters. The van der Waals surface area contributed by atoms with Crippen molar-refractivity contribution in [1.82, 2.24) is 15.8 Å². The molecule has 29 heavy (non-hydrogen) atoms. The van der Waals surface area contributed by atoms with E-state index in [1.165, 1.54) is 7.11 Å². The molecule has 8 heteroatoms. The maximum Gasteiger partial charge on any atom is 0.269 e. The van der Waals surface area contributed by atoms with E-state index in [9.17, 15) is 9.59 Å². The Labute approximate surface area is 173 Å². The molecule has 2 amide bonds. The van der Waals surface area contributed by atoms with Crippen LogP contribution in [0.5, 0.6) is 11.5 Å². The number of fused-ring (bicyclic) bond motifs is 1. The van der Waals surface area contributed by atoms with Gasteiger partial charge in [-0.3, -0.25) is 20.4 Å². The van der Waals surface area contributed by atoms with Gasteiger partial charge in [-0.05, 0) is 44.2 Å². The van der Waals surface area contributed by atoms with Gasteiger partial charge in [0.25, 0.3) is 5.91 Å². The average Bonchev–Trinajstić information content (AvgIpc) is 3.13. The van der Waals surface area contributed by atoms with Gasteiger partial charge in [0.05, 0.1) is 28.4 Å². The summed E-state index contributed by atoms with van der Waals surface area (Å²) in [4.78, 5) is 28.9. The minimum absolute atomic E-state index is 0.0155. The summed E-state index contributed by atoms with van der Waals surface area (Å²) in [6, 6.07) is 12.7. The van der Waals surface area contributed by atoms with Gasteiger partial charge in [0.2, 0.25) is 5.91 Å². The molecule has 0 aliphatic rings. The second kappa shape index (κ2) is 9.38. The molecule has 0 bridgehead atoms. The van der Waals surface area contributed by atoms with Crippen molar-refractivity contribution in [2.75, 3.05) is 7.11 Å². The third kappa shape index (κ3) is 5.45. The number of aryl methyl sites for hydroxylation is 1. The van der Waals surface area contributed by atoms with Crippen LogP contribution < -0.4 is 20.3 Å². The largest absolute Gasteiger partial charge is 0.493 e. The minimum Gasteiger partial charge on any atom is -0.493 e. The van der Waals surface area contributed by atoms with Crippen LogP contribution in [0.15, 0.2) is 42.5 Å². The predicted molar refractivity (Wildman–Crippen MR) is 112 cm³/mol. The van der Waals surface area contributed by atoms with Gasteiger partial charge in [-0.25, -0.2) is 4.98 Å². The molecule has 2 aromatic carbocycles. The zero-order valence-corrected chi connectivity index (χ0v) is 17.3. The van der Waals surface area contributed by atoms with Crippen LogP contribution in [0.25, 0.3) is 10.2 Å². The summed E-state index contributed by atoms with van der Waals surface area (Å²) >= 11 is 1.57. The third-order valence-electron chi connectivity index (χ3n) is 4.01. The van der Waals surface area contributed by atoms with Gasteiger partial charge in [0.15, 0.2) is 11.5 Å². The molecule has 0 aliphatic carbocycles. The van der Waals surface area contributed by atoms with Gasteiger partial charge >= 0.3 is 0 Å². The molecule has 7 nitrogen and oxygen atoms in total. The topological polar surface area (TPSA) is 89.6 Å². The first kappa shape index (κ1) is 20.6. The van der Waals surface area contributed by atoms with Crippen LogP contribution in [0.4, 0.5) is 0 Å². The molecule has 0 saturated heterocycles. The lowest BCUT2D eigenvalue weighted by Crippen LogP contribution is -2.41. The number of carbonyl (C=O) groups excluding carboxylic acids is 2. The highest BCUT2D eigenvalue weighted by Gasteiger charge is 2.13. The van der Waals surface area contributed by atoms with Gasteiger partial charge in [0, 0.05) is 18.4 Å². The van der Waals surface area contributed by atoms with Crippen LogP contribution in [-0.2, 0) is 11.2 Å². The smallest absolute Gasteiger partial charge is 0.269 e. The Bertz CT molecular complexity index is 983. The number of thiazole rings is 1. The van der Waals surface area contributed by atoms with E-state index in [4.69, 9.17) is 9.47 Å². The van der Waals surface area contributed by atoms with E-state index in [-0.39, 0.29) is 18.4 Å². The first-order chi connectivity index (χ1) is 14.0. The lowest BCUT2D eigenvalue weighted by Gasteiger charge is -2.14. The summed E-state index contributed by atoms with van der Waals surface area (Å²) in [5.74, 6) is 0.282. The van der Waals surface area contributed by atoms with Crippen molar-refractivity contribution in [1.29, 1.82) is 0 Å². The molecule has 2 N–H and O–H groups in total. The fourth-order valence-corrected chi connectivity index (χ4v) is 3.64. The van der Waals surface area contributed by atoms with Crippen molar-refractivity contribution in [3.63, 3.8) is 0 Å². The highest BCUT2D eigenvalue weighted by Crippen LogP contribution is 2.29. The van der Waals surface area contributed by atoms with Crippen LogP contribution in [0, 0.1) is 0 Å². The Hall–Kier alpha value is -3.13. The summed E-state index contributed by atoms with van der Waals surface area (Å²) < 4.78 is 12.0. The zero-order chi connectivity index (χ0) is 20.8. The fraction of sp³-hybridized carbons (Fsp3) is 0.286. The number of ether oxygens (including phenoxy) is 2. The zero-order valence-electron chi connectivity index (χ0n) is 16.5.